The molecule has 1 fully saturated rings. The quantitative estimate of drug-likeness (QED) is 0.720. The van der Waals surface area contributed by atoms with Crippen LogP contribution in [0.15, 0.2) is 0 Å². The van der Waals surface area contributed by atoms with Crippen molar-refractivity contribution < 1.29 is 9.90 Å². The maximum Gasteiger partial charge on any atom is 0.177 e. The lowest BCUT2D eigenvalue weighted by Gasteiger charge is -2.30. The predicted molar refractivity (Wildman–Crippen MR) is 50.9 cm³/mol. The molecule has 1 N–H and O–H groups in total. The number of carbonyl (C=O) groups excluding carboxylic acids is 1. The van der Waals surface area contributed by atoms with E-state index < -0.39 is 5.60 Å². The number of rotatable bonds is 2. The van der Waals surface area contributed by atoms with E-state index >= 15 is 0 Å². The zero-order chi connectivity index (χ0) is 10.9. The number of aromatic nitrogens is 4. The van der Waals surface area contributed by atoms with Crippen LogP contribution in [-0.2, 0) is 18.3 Å². The van der Waals surface area contributed by atoms with Crippen LogP contribution in [0.5, 0.6) is 0 Å². The Morgan fingerprint density at radius 1 is 1.47 bits per heavy atom. The first kappa shape index (κ1) is 10.2. The van der Waals surface area contributed by atoms with Crippen molar-refractivity contribution in [1.82, 2.24) is 20.2 Å². The molecule has 1 aliphatic carbocycles. The van der Waals surface area contributed by atoms with E-state index in [9.17, 15) is 9.90 Å². The van der Waals surface area contributed by atoms with Crippen molar-refractivity contribution in [2.45, 2.75) is 37.7 Å². The zero-order valence-electron chi connectivity index (χ0n) is 8.68. The van der Waals surface area contributed by atoms with Gasteiger partial charge in [0.2, 0.25) is 0 Å². The van der Waals surface area contributed by atoms with Gasteiger partial charge in [0.05, 0.1) is 12.6 Å². The van der Waals surface area contributed by atoms with Crippen molar-refractivity contribution in [3.63, 3.8) is 0 Å². The van der Waals surface area contributed by atoms with Crippen LogP contribution >= 0.6 is 0 Å². The monoisotopic (exact) mass is 210 g/mol. The van der Waals surface area contributed by atoms with Gasteiger partial charge >= 0.3 is 0 Å². The maximum atomic E-state index is 11.0. The number of ketones is 1. The Labute approximate surface area is 87.3 Å². The molecule has 0 amide bonds. The number of hydrogen-bond acceptors (Lipinski definition) is 5. The fraction of sp³-hybridized carbons (Fsp3) is 0.778. The van der Waals surface area contributed by atoms with E-state index in [4.69, 9.17) is 0 Å². The number of nitrogens with zero attached hydrogens (tertiary/aromatic N) is 4. The summed E-state index contributed by atoms with van der Waals surface area (Å²) in [5.41, 5.74) is -0.822. The molecule has 82 valence electrons. The molecule has 2 rings (SSSR count). The third-order valence-corrected chi connectivity index (χ3v) is 2.78. The van der Waals surface area contributed by atoms with E-state index in [1.165, 1.54) is 4.80 Å². The van der Waals surface area contributed by atoms with Crippen molar-refractivity contribution in [2.75, 3.05) is 0 Å². The Morgan fingerprint density at radius 3 is 2.67 bits per heavy atom. The summed E-state index contributed by atoms with van der Waals surface area (Å²) in [6.07, 6.45) is 2.30. The molecule has 15 heavy (non-hydrogen) atoms. The lowest BCUT2D eigenvalue weighted by molar-refractivity contribution is -0.125. The second kappa shape index (κ2) is 3.69. The minimum Gasteiger partial charge on any atom is -0.389 e. The van der Waals surface area contributed by atoms with Crippen molar-refractivity contribution in [3.05, 3.63) is 5.82 Å². The van der Waals surface area contributed by atoms with Crippen LogP contribution in [0.4, 0.5) is 0 Å². The molecule has 0 radical (unpaired) electrons. The molecule has 0 atom stereocenters. The van der Waals surface area contributed by atoms with E-state index in [1.807, 2.05) is 0 Å². The molecule has 0 bridgehead atoms. The molecule has 6 nitrogen and oxygen atoms in total. The Hall–Kier alpha value is -1.30. The minimum absolute atomic E-state index is 0.229. The van der Waals surface area contributed by atoms with Gasteiger partial charge in [0.1, 0.15) is 5.78 Å². The molecule has 0 aliphatic heterocycles. The molecule has 1 heterocycles. The summed E-state index contributed by atoms with van der Waals surface area (Å²) in [5.74, 6) is 0.765. The van der Waals surface area contributed by atoms with Gasteiger partial charge < -0.3 is 5.11 Å². The lowest BCUT2D eigenvalue weighted by Crippen LogP contribution is -2.36. The van der Waals surface area contributed by atoms with E-state index in [2.05, 4.69) is 15.4 Å². The third kappa shape index (κ3) is 2.38. The highest BCUT2D eigenvalue weighted by atomic mass is 16.3. The fourth-order valence-electron chi connectivity index (χ4n) is 1.86. The maximum absolute atomic E-state index is 11.0. The second-order valence-electron chi connectivity index (χ2n) is 4.13. The summed E-state index contributed by atoms with van der Waals surface area (Å²) in [7, 11) is 1.69. The summed E-state index contributed by atoms with van der Waals surface area (Å²) >= 11 is 0. The smallest absolute Gasteiger partial charge is 0.177 e. The molecule has 0 aromatic carbocycles. The lowest BCUT2D eigenvalue weighted by atomic mass is 9.82. The van der Waals surface area contributed by atoms with Gasteiger partial charge in [0.15, 0.2) is 5.82 Å². The molecule has 1 saturated carbocycles. The Balaban J connectivity index is 2.01. The molecule has 1 aromatic rings. The molecule has 1 aromatic heterocycles. The molecule has 0 spiro atoms. The summed E-state index contributed by atoms with van der Waals surface area (Å²) in [6, 6.07) is 0. The average molecular weight is 210 g/mol. The Kier molecular flexibility index (Phi) is 2.52. The van der Waals surface area contributed by atoms with Gasteiger partial charge in [-0.3, -0.25) is 4.79 Å². The van der Waals surface area contributed by atoms with Crippen LogP contribution in [0, 0.1) is 0 Å². The first-order valence-corrected chi connectivity index (χ1v) is 5.04. The number of aryl methyl sites for hydroxylation is 1. The van der Waals surface area contributed by atoms with E-state index in [0.717, 1.165) is 0 Å². The third-order valence-electron chi connectivity index (χ3n) is 2.78. The van der Waals surface area contributed by atoms with Crippen LogP contribution < -0.4 is 0 Å². The molecular weight excluding hydrogens is 196 g/mol. The van der Waals surface area contributed by atoms with Crippen molar-refractivity contribution in [1.29, 1.82) is 0 Å². The normalized spacial score (nSPS) is 20.5. The summed E-state index contributed by atoms with van der Waals surface area (Å²) in [6.45, 7) is 0. The van der Waals surface area contributed by atoms with Gasteiger partial charge in [0, 0.05) is 19.3 Å². The molecule has 6 heteroatoms. The minimum atomic E-state index is -0.822. The van der Waals surface area contributed by atoms with Gasteiger partial charge in [-0.15, -0.1) is 10.2 Å². The summed E-state index contributed by atoms with van der Waals surface area (Å²) in [4.78, 5) is 12.4. The first-order chi connectivity index (χ1) is 7.07. The van der Waals surface area contributed by atoms with E-state index in [1.54, 1.807) is 7.05 Å². The van der Waals surface area contributed by atoms with Crippen molar-refractivity contribution in [2.24, 2.45) is 7.05 Å². The summed E-state index contributed by atoms with van der Waals surface area (Å²) in [5, 5.41) is 21.7. The van der Waals surface area contributed by atoms with Crippen LogP contribution in [0.1, 0.15) is 31.5 Å². The van der Waals surface area contributed by atoms with Gasteiger partial charge in [-0.25, -0.2) is 0 Å². The van der Waals surface area contributed by atoms with Gasteiger partial charge in [0.25, 0.3) is 0 Å². The van der Waals surface area contributed by atoms with Crippen LogP contribution in [-0.4, -0.2) is 36.7 Å². The van der Waals surface area contributed by atoms with Crippen LogP contribution in [0.25, 0.3) is 0 Å². The first-order valence-electron chi connectivity index (χ1n) is 5.04. The topological polar surface area (TPSA) is 80.9 Å². The standard InChI is InChI=1S/C9H14N4O2/c1-13-11-8(10-12-13)6-9(15)4-2-7(14)3-5-9/h15H,2-6H2,1H3. The molecule has 1 aliphatic rings. The molecule has 0 unspecified atom stereocenters. The molecular formula is C9H14N4O2. The number of Topliss-reactive ketones (excluding diaryl/α,β-unsaturated/α-hetero) is 1. The zero-order valence-corrected chi connectivity index (χ0v) is 8.68. The van der Waals surface area contributed by atoms with E-state index in [0.29, 0.717) is 37.9 Å². The SMILES string of the molecule is Cn1nnc(CC2(O)CCC(=O)CC2)n1. The number of carbonyl (C=O) groups is 1. The fourth-order valence-corrected chi connectivity index (χ4v) is 1.86. The Bertz CT molecular complexity index is 364. The van der Waals surface area contributed by atoms with Crippen molar-refractivity contribution >= 4 is 5.78 Å². The van der Waals surface area contributed by atoms with E-state index in [-0.39, 0.29) is 5.78 Å². The number of aliphatic hydroxyl groups is 1. The van der Waals surface area contributed by atoms with Crippen molar-refractivity contribution in [3.8, 4) is 0 Å². The Morgan fingerprint density at radius 2 is 2.13 bits per heavy atom. The second-order valence-corrected chi connectivity index (χ2v) is 4.13. The number of hydrogen-bond donors (Lipinski definition) is 1. The largest absolute Gasteiger partial charge is 0.389 e. The highest BCUT2D eigenvalue weighted by molar-refractivity contribution is 5.79. The van der Waals surface area contributed by atoms with Gasteiger partial charge in [-0.2, -0.15) is 4.80 Å². The predicted octanol–water partition coefficient (Wildman–Crippen LogP) is -0.373. The average Bonchev–Trinajstić information content (AvgIpc) is 2.57. The highest BCUT2D eigenvalue weighted by Crippen LogP contribution is 2.28. The summed E-state index contributed by atoms with van der Waals surface area (Å²) < 4.78 is 0. The van der Waals surface area contributed by atoms with Crippen LogP contribution in [0.3, 0.4) is 0 Å². The highest BCUT2D eigenvalue weighted by Gasteiger charge is 2.33. The molecule has 0 saturated heterocycles. The van der Waals surface area contributed by atoms with Gasteiger partial charge in [-0.05, 0) is 18.1 Å². The number of tetrazole rings is 1. The van der Waals surface area contributed by atoms with Gasteiger partial charge in [-0.1, -0.05) is 0 Å². The van der Waals surface area contributed by atoms with Crippen LogP contribution in [0.2, 0.25) is 0 Å².